The minimum atomic E-state index is -0.142. The maximum Gasteiger partial charge on any atom is 0.259 e. The van der Waals surface area contributed by atoms with Crippen molar-refractivity contribution < 1.29 is 18.7 Å². The highest BCUT2D eigenvalue weighted by atomic mass is 16.5. The average Bonchev–Trinajstić information content (AvgIpc) is 3.09. The predicted molar refractivity (Wildman–Crippen MR) is 136 cm³/mol. The Balaban J connectivity index is 1.46. The number of ether oxygens (including phenoxy) is 2. The van der Waals surface area contributed by atoms with Crippen LogP contribution in [-0.4, -0.2) is 37.6 Å². The largest absolute Gasteiger partial charge is 0.490 e. The number of benzene rings is 2. The molecule has 0 saturated heterocycles. The lowest BCUT2D eigenvalue weighted by molar-refractivity contribution is -0.130. The summed E-state index contributed by atoms with van der Waals surface area (Å²) in [5, 5.41) is 0.517. The number of nitrogens with zero attached hydrogens (tertiary/aromatic N) is 1. The summed E-state index contributed by atoms with van der Waals surface area (Å²) in [6, 6.07) is 11.0. The molecule has 1 amide bonds. The number of likely N-dealkylation sites (N-methyl/N-ethyl adjacent to an activating group) is 1. The highest BCUT2D eigenvalue weighted by Crippen LogP contribution is 2.48. The second kappa shape index (κ2) is 9.40. The quantitative estimate of drug-likeness (QED) is 0.460. The van der Waals surface area contributed by atoms with Crippen LogP contribution in [0, 0.1) is 18.8 Å². The van der Waals surface area contributed by atoms with E-state index in [9.17, 15) is 9.59 Å². The Labute approximate surface area is 205 Å². The van der Waals surface area contributed by atoms with Crippen LogP contribution in [0.2, 0.25) is 0 Å². The molecule has 2 aliphatic carbocycles. The van der Waals surface area contributed by atoms with Gasteiger partial charge in [-0.15, -0.1) is 0 Å². The molecule has 3 aromatic rings. The monoisotopic (exact) mass is 475 g/mol. The first-order valence-electron chi connectivity index (χ1n) is 12.5. The summed E-state index contributed by atoms with van der Waals surface area (Å²) in [6.45, 7) is 3.89. The van der Waals surface area contributed by atoms with Crippen LogP contribution < -0.4 is 14.9 Å². The van der Waals surface area contributed by atoms with E-state index in [-0.39, 0.29) is 24.0 Å². The van der Waals surface area contributed by atoms with Gasteiger partial charge in [0.1, 0.15) is 22.8 Å². The molecule has 35 heavy (non-hydrogen) atoms. The van der Waals surface area contributed by atoms with Gasteiger partial charge >= 0.3 is 0 Å². The molecule has 2 atom stereocenters. The summed E-state index contributed by atoms with van der Waals surface area (Å²) in [5.41, 5.74) is 3.05. The smallest absolute Gasteiger partial charge is 0.259 e. The van der Waals surface area contributed by atoms with Crippen LogP contribution in [-0.2, 0) is 11.2 Å². The Morgan fingerprint density at radius 1 is 1.09 bits per heavy atom. The molecule has 2 unspecified atom stereocenters. The van der Waals surface area contributed by atoms with Gasteiger partial charge in [-0.1, -0.05) is 19.1 Å². The lowest BCUT2D eigenvalue weighted by Gasteiger charge is -2.28. The van der Waals surface area contributed by atoms with Crippen LogP contribution in [0.4, 0.5) is 0 Å². The molecule has 0 aliphatic heterocycles. The number of hydrogen-bond donors (Lipinski definition) is 0. The van der Waals surface area contributed by atoms with Gasteiger partial charge in [-0.05, 0) is 74.1 Å². The molecule has 2 aliphatic rings. The van der Waals surface area contributed by atoms with E-state index in [1.807, 2.05) is 19.1 Å². The molecule has 6 heteroatoms. The van der Waals surface area contributed by atoms with Crippen molar-refractivity contribution in [1.82, 2.24) is 4.90 Å². The minimum absolute atomic E-state index is 0.0794. The van der Waals surface area contributed by atoms with E-state index in [1.165, 1.54) is 17.7 Å². The fourth-order valence-electron chi connectivity index (χ4n) is 5.37. The molecule has 0 N–H and O–H groups in total. The summed E-state index contributed by atoms with van der Waals surface area (Å²) in [7, 11) is 3.36. The Hall–Kier alpha value is -3.28. The van der Waals surface area contributed by atoms with Crippen LogP contribution in [0.1, 0.15) is 43.7 Å². The normalized spacial score (nSPS) is 20.9. The molecular weight excluding hydrogens is 442 g/mol. The number of amides is 1. The van der Waals surface area contributed by atoms with Crippen LogP contribution >= 0.6 is 0 Å². The van der Waals surface area contributed by atoms with E-state index in [4.69, 9.17) is 13.9 Å². The molecule has 1 aromatic heterocycles. The zero-order chi connectivity index (χ0) is 24.7. The van der Waals surface area contributed by atoms with Crippen molar-refractivity contribution in [2.75, 3.05) is 20.7 Å². The minimum Gasteiger partial charge on any atom is -0.490 e. The summed E-state index contributed by atoms with van der Waals surface area (Å²) < 4.78 is 18.4. The summed E-state index contributed by atoms with van der Waals surface area (Å²) in [6.07, 6.45) is 6.10. The zero-order valence-corrected chi connectivity index (χ0v) is 20.9. The Kier molecular flexibility index (Phi) is 6.30. The van der Waals surface area contributed by atoms with Crippen LogP contribution in [0.15, 0.2) is 45.6 Å². The lowest BCUT2D eigenvalue weighted by atomic mass is 9.77. The van der Waals surface area contributed by atoms with Crippen molar-refractivity contribution in [2.45, 2.75) is 52.1 Å². The van der Waals surface area contributed by atoms with Gasteiger partial charge in [-0.3, -0.25) is 9.59 Å². The first kappa shape index (κ1) is 23.5. The van der Waals surface area contributed by atoms with Crippen LogP contribution in [0.25, 0.3) is 22.3 Å². The van der Waals surface area contributed by atoms with E-state index in [2.05, 4.69) is 13.0 Å². The van der Waals surface area contributed by atoms with Crippen LogP contribution in [0.3, 0.4) is 0 Å². The molecule has 1 heterocycles. The van der Waals surface area contributed by atoms with Gasteiger partial charge in [0, 0.05) is 31.8 Å². The maximum absolute atomic E-state index is 13.0. The lowest BCUT2D eigenvalue weighted by Crippen LogP contribution is -2.27. The fraction of sp³-hybridized carbons (Fsp3) is 0.448. The van der Waals surface area contributed by atoms with Gasteiger partial charge in [0.05, 0.1) is 11.5 Å². The zero-order valence-electron chi connectivity index (χ0n) is 20.9. The summed E-state index contributed by atoms with van der Waals surface area (Å²) >= 11 is 0. The van der Waals surface area contributed by atoms with Crippen molar-refractivity contribution in [3.05, 3.63) is 57.7 Å². The van der Waals surface area contributed by atoms with Gasteiger partial charge in [0.15, 0.2) is 12.0 Å². The predicted octanol–water partition coefficient (Wildman–Crippen LogP) is 5.37. The van der Waals surface area contributed by atoms with E-state index >= 15 is 0 Å². The second-order valence-electron chi connectivity index (χ2n) is 10.1. The standard InChI is InChI=1S/C29H33NO5/c1-5-18-6-9-21(13-25(18)34-23-11-19-7-8-20(19)12-23)26-15-24(31)29-17(2)10-22(14-27(29)35-26)33-16-28(32)30(3)4/h6,9-10,13-15,19-20,23H,5,7-8,11-12,16H2,1-4H3. The maximum atomic E-state index is 13.0. The molecule has 0 radical (unpaired) electrons. The number of rotatable bonds is 7. The van der Waals surface area contributed by atoms with Gasteiger partial charge in [0.2, 0.25) is 0 Å². The van der Waals surface area contributed by atoms with E-state index < -0.39 is 0 Å². The van der Waals surface area contributed by atoms with E-state index in [1.54, 1.807) is 32.3 Å². The van der Waals surface area contributed by atoms with E-state index in [0.717, 1.165) is 53.5 Å². The third kappa shape index (κ3) is 4.66. The highest BCUT2D eigenvalue weighted by molar-refractivity contribution is 5.84. The van der Waals surface area contributed by atoms with Crippen molar-refractivity contribution >= 4 is 16.9 Å². The third-order valence-electron chi connectivity index (χ3n) is 7.59. The topological polar surface area (TPSA) is 69.0 Å². The molecule has 2 aromatic carbocycles. The van der Waals surface area contributed by atoms with Crippen molar-refractivity contribution in [3.63, 3.8) is 0 Å². The Morgan fingerprint density at radius 2 is 1.83 bits per heavy atom. The van der Waals surface area contributed by atoms with Crippen molar-refractivity contribution in [1.29, 1.82) is 0 Å². The van der Waals surface area contributed by atoms with Gasteiger partial charge < -0.3 is 18.8 Å². The molecule has 0 spiro atoms. The molecular formula is C29H33NO5. The first-order chi connectivity index (χ1) is 16.8. The van der Waals surface area contributed by atoms with Gasteiger partial charge in [-0.25, -0.2) is 0 Å². The molecule has 184 valence electrons. The van der Waals surface area contributed by atoms with Gasteiger partial charge in [0.25, 0.3) is 5.91 Å². The number of fused-ring (bicyclic) bond motifs is 2. The Morgan fingerprint density at radius 3 is 2.49 bits per heavy atom. The second-order valence-corrected chi connectivity index (χ2v) is 10.1. The van der Waals surface area contributed by atoms with E-state index in [0.29, 0.717) is 22.5 Å². The summed E-state index contributed by atoms with van der Waals surface area (Å²) in [4.78, 5) is 26.4. The fourth-order valence-corrected chi connectivity index (χ4v) is 5.37. The molecule has 2 fully saturated rings. The molecule has 2 saturated carbocycles. The first-order valence-corrected chi connectivity index (χ1v) is 12.5. The third-order valence-corrected chi connectivity index (χ3v) is 7.59. The SMILES string of the molecule is CCc1ccc(-c2cc(=O)c3c(C)cc(OCC(=O)N(C)C)cc3o2)cc1OC1CC2CCC2C1. The number of carbonyl (C=O) groups excluding carboxylic acids is 1. The van der Waals surface area contributed by atoms with Crippen molar-refractivity contribution in [2.24, 2.45) is 11.8 Å². The van der Waals surface area contributed by atoms with Crippen molar-refractivity contribution in [3.8, 4) is 22.8 Å². The molecule has 5 rings (SSSR count). The number of aryl methyl sites for hydroxylation is 2. The van der Waals surface area contributed by atoms with Crippen LogP contribution in [0.5, 0.6) is 11.5 Å². The number of carbonyl (C=O) groups is 1. The highest BCUT2D eigenvalue weighted by Gasteiger charge is 2.41. The number of hydrogen-bond acceptors (Lipinski definition) is 5. The molecule has 6 nitrogen and oxygen atoms in total. The Bertz CT molecular complexity index is 1310. The average molecular weight is 476 g/mol. The van der Waals surface area contributed by atoms with Gasteiger partial charge in [-0.2, -0.15) is 0 Å². The summed E-state index contributed by atoms with van der Waals surface area (Å²) in [5.74, 6) is 3.39. The molecule has 0 bridgehead atoms.